The van der Waals surface area contributed by atoms with E-state index in [1.165, 1.54) is 10.4 Å². The van der Waals surface area contributed by atoms with Crippen molar-refractivity contribution in [3.05, 3.63) is 75.7 Å². The molecule has 3 aromatic rings. The van der Waals surface area contributed by atoms with E-state index >= 15 is 0 Å². The minimum Gasteiger partial charge on any atom is -0.497 e. The predicted molar refractivity (Wildman–Crippen MR) is 132 cm³/mol. The van der Waals surface area contributed by atoms with Crippen LogP contribution in [-0.2, 0) is 4.74 Å². The normalized spacial score (nSPS) is 15.2. The molecule has 0 spiro atoms. The van der Waals surface area contributed by atoms with Crippen molar-refractivity contribution in [2.75, 3.05) is 45.8 Å². The van der Waals surface area contributed by atoms with E-state index in [-0.39, 0.29) is 11.9 Å². The van der Waals surface area contributed by atoms with E-state index in [0.29, 0.717) is 18.8 Å². The van der Waals surface area contributed by atoms with Crippen LogP contribution in [0.15, 0.2) is 48.5 Å². The largest absolute Gasteiger partial charge is 0.497 e. The van der Waals surface area contributed by atoms with Gasteiger partial charge in [-0.1, -0.05) is 18.2 Å². The monoisotopic (exact) mass is 466 g/mol. The number of carbonyl (C=O) groups is 1. The molecule has 1 aliphatic rings. The molecule has 0 saturated carbocycles. The van der Waals surface area contributed by atoms with Crippen LogP contribution in [0.25, 0.3) is 0 Å². The number of nitrogens with zero attached hydrogens (tertiary/aromatic N) is 1. The zero-order valence-corrected chi connectivity index (χ0v) is 20.3. The standard InChI is InChI=1S/C26H30N2O4S/c1-17-18(2)33-26(27-25(29)19-8-6-5-7-9-19)23(17)24(28-12-14-32-15-13-28)21-11-10-20(30-3)16-22(21)31-4/h5-11,16,24H,12-15H2,1-4H3,(H,27,29)/t24-/m1/s1. The van der Waals surface area contributed by atoms with E-state index in [1.54, 1.807) is 25.6 Å². The van der Waals surface area contributed by atoms with Crippen molar-refractivity contribution in [2.45, 2.75) is 19.9 Å². The molecule has 1 N–H and O–H groups in total. The molecule has 0 aliphatic carbocycles. The lowest BCUT2D eigenvalue weighted by Crippen LogP contribution is -2.40. The van der Waals surface area contributed by atoms with Crippen LogP contribution in [0.5, 0.6) is 11.5 Å². The van der Waals surface area contributed by atoms with Crippen molar-refractivity contribution in [1.82, 2.24) is 4.90 Å². The summed E-state index contributed by atoms with van der Waals surface area (Å²) in [4.78, 5) is 16.6. The number of amides is 1. The number of anilines is 1. The molecule has 1 atom stereocenters. The molecule has 7 heteroatoms. The Morgan fingerprint density at radius 2 is 1.79 bits per heavy atom. The van der Waals surface area contributed by atoms with Gasteiger partial charge in [0.1, 0.15) is 16.5 Å². The molecule has 33 heavy (non-hydrogen) atoms. The highest BCUT2D eigenvalue weighted by Gasteiger charge is 2.32. The van der Waals surface area contributed by atoms with Gasteiger partial charge in [0.25, 0.3) is 5.91 Å². The fourth-order valence-corrected chi connectivity index (χ4v) is 5.33. The summed E-state index contributed by atoms with van der Waals surface area (Å²) in [6, 6.07) is 15.2. The molecule has 0 radical (unpaired) electrons. The summed E-state index contributed by atoms with van der Waals surface area (Å²) in [7, 11) is 3.33. The molecule has 4 rings (SSSR count). The second-order valence-corrected chi connectivity index (χ2v) is 9.23. The summed E-state index contributed by atoms with van der Waals surface area (Å²) in [5.41, 5.74) is 3.96. The third-order valence-corrected chi connectivity index (χ3v) is 7.25. The van der Waals surface area contributed by atoms with E-state index in [2.05, 4.69) is 30.1 Å². The Balaban J connectivity index is 1.82. The molecule has 1 aromatic heterocycles. The number of ether oxygens (including phenoxy) is 3. The number of benzene rings is 2. The third kappa shape index (κ3) is 4.90. The van der Waals surface area contributed by atoms with Crippen molar-refractivity contribution < 1.29 is 19.0 Å². The van der Waals surface area contributed by atoms with Gasteiger partial charge in [-0.3, -0.25) is 9.69 Å². The van der Waals surface area contributed by atoms with Gasteiger partial charge >= 0.3 is 0 Å². The molecular weight excluding hydrogens is 436 g/mol. The maximum Gasteiger partial charge on any atom is 0.256 e. The number of hydrogen-bond acceptors (Lipinski definition) is 6. The van der Waals surface area contributed by atoms with Gasteiger partial charge in [0.05, 0.1) is 33.5 Å². The van der Waals surface area contributed by atoms with Crippen LogP contribution >= 0.6 is 11.3 Å². The minimum atomic E-state index is -0.111. The van der Waals surface area contributed by atoms with E-state index in [1.807, 2.05) is 42.5 Å². The highest BCUT2D eigenvalue weighted by molar-refractivity contribution is 7.16. The Labute approximate surface area is 199 Å². The van der Waals surface area contributed by atoms with Crippen molar-refractivity contribution in [3.8, 4) is 11.5 Å². The predicted octanol–water partition coefficient (Wildman–Crippen LogP) is 5.06. The number of thiophene rings is 1. The topological polar surface area (TPSA) is 60.0 Å². The fourth-order valence-electron chi connectivity index (χ4n) is 4.25. The van der Waals surface area contributed by atoms with Gasteiger partial charge in [-0.25, -0.2) is 0 Å². The van der Waals surface area contributed by atoms with E-state index in [9.17, 15) is 4.79 Å². The number of nitrogens with one attached hydrogen (secondary N) is 1. The molecule has 2 heterocycles. The number of carbonyl (C=O) groups excluding carboxylic acids is 1. The van der Waals surface area contributed by atoms with Crippen LogP contribution in [0, 0.1) is 13.8 Å². The highest BCUT2D eigenvalue weighted by Crippen LogP contribution is 2.45. The first-order valence-corrected chi connectivity index (χ1v) is 11.8. The summed E-state index contributed by atoms with van der Waals surface area (Å²) < 4.78 is 16.9. The summed E-state index contributed by atoms with van der Waals surface area (Å²) in [5.74, 6) is 1.39. The first-order valence-electron chi connectivity index (χ1n) is 11.0. The first kappa shape index (κ1) is 23.3. The molecule has 1 saturated heterocycles. The molecule has 174 valence electrons. The summed E-state index contributed by atoms with van der Waals surface area (Å²) in [6.45, 7) is 7.15. The Kier molecular flexibility index (Phi) is 7.33. The smallest absolute Gasteiger partial charge is 0.256 e. The van der Waals surface area contributed by atoms with Crippen LogP contribution in [-0.4, -0.2) is 51.3 Å². The molecule has 0 unspecified atom stereocenters. The molecule has 1 aliphatic heterocycles. The van der Waals surface area contributed by atoms with Crippen LogP contribution < -0.4 is 14.8 Å². The molecule has 2 aromatic carbocycles. The van der Waals surface area contributed by atoms with Crippen LogP contribution in [0.1, 0.15) is 38.0 Å². The average Bonchev–Trinajstić information content (AvgIpc) is 3.13. The van der Waals surface area contributed by atoms with Gasteiger partial charge in [-0.15, -0.1) is 11.3 Å². The Bertz CT molecular complexity index is 1110. The molecule has 6 nitrogen and oxygen atoms in total. The second-order valence-electron chi connectivity index (χ2n) is 8.00. The minimum absolute atomic E-state index is 0.0919. The average molecular weight is 467 g/mol. The maximum absolute atomic E-state index is 13.0. The van der Waals surface area contributed by atoms with E-state index in [4.69, 9.17) is 14.2 Å². The number of methoxy groups -OCH3 is 2. The molecular formula is C26H30N2O4S. The zero-order chi connectivity index (χ0) is 23.4. The number of hydrogen-bond donors (Lipinski definition) is 1. The molecule has 0 bridgehead atoms. The second kappa shape index (κ2) is 10.4. The fraction of sp³-hybridized carbons (Fsp3) is 0.346. The quantitative estimate of drug-likeness (QED) is 0.528. The first-order chi connectivity index (χ1) is 16.0. The van der Waals surface area contributed by atoms with E-state index < -0.39 is 0 Å². The van der Waals surface area contributed by atoms with Crippen molar-refractivity contribution in [3.63, 3.8) is 0 Å². The Hall–Kier alpha value is -2.87. The lowest BCUT2D eigenvalue weighted by molar-refractivity contribution is 0.0236. The molecule has 1 amide bonds. The number of aryl methyl sites for hydroxylation is 1. The zero-order valence-electron chi connectivity index (χ0n) is 19.5. The maximum atomic E-state index is 13.0. The summed E-state index contributed by atoms with van der Waals surface area (Å²) in [6.07, 6.45) is 0. The lowest BCUT2D eigenvalue weighted by Gasteiger charge is -2.36. The third-order valence-electron chi connectivity index (χ3n) is 6.11. The van der Waals surface area contributed by atoms with Crippen molar-refractivity contribution >= 4 is 22.2 Å². The van der Waals surface area contributed by atoms with Crippen molar-refractivity contribution in [2.24, 2.45) is 0 Å². The van der Waals surface area contributed by atoms with Crippen LogP contribution in [0.3, 0.4) is 0 Å². The van der Waals surface area contributed by atoms with Crippen LogP contribution in [0.4, 0.5) is 5.00 Å². The number of morpholine rings is 1. The van der Waals surface area contributed by atoms with Gasteiger partial charge in [0, 0.05) is 40.7 Å². The summed E-state index contributed by atoms with van der Waals surface area (Å²) >= 11 is 1.62. The molecule has 1 fully saturated rings. The van der Waals surface area contributed by atoms with Crippen molar-refractivity contribution in [1.29, 1.82) is 0 Å². The van der Waals surface area contributed by atoms with Gasteiger partial charge < -0.3 is 19.5 Å². The van der Waals surface area contributed by atoms with Gasteiger partial charge in [-0.05, 0) is 43.7 Å². The van der Waals surface area contributed by atoms with Gasteiger partial charge in [0.15, 0.2) is 0 Å². The van der Waals surface area contributed by atoms with Gasteiger partial charge in [0.2, 0.25) is 0 Å². The Morgan fingerprint density at radius 1 is 1.06 bits per heavy atom. The number of rotatable bonds is 7. The SMILES string of the molecule is COc1ccc([C@H](c2c(NC(=O)c3ccccc3)sc(C)c2C)N2CCOCC2)c(OC)c1. The van der Waals surface area contributed by atoms with Crippen LogP contribution in [0.2, 0.25) is 0 Å². The summed E-state index contributed by atoms with van der Waals surface area (Å²) in [5, 5.41) is 4.06. The highest BCUT2D eigenvalue weighted by atomic mass is 32.1. The Morgan fingerprint density at radius 3 is 2.45 bits per heavy atom. The van der Waals surface area contributed by atoms with Gasteiger partial charge in [-0.2, -0.15) is 0 Å². The lowest BCUT2D eigenvalue weighted by atomic mass is 9.93. The van der Waals surface area contributed by atoms with E-state index in [0.717, 1.165) is 40.7 Å².